The van der Waals surface area contributed by atoms with Crippen molar-refractivity contribution in [1.29, 1.82) is 0 Å². The monoisotopic (exact) mass is 256 g/mol. The van der Waals surface area contributed by atoms with Crippen molar-refractivity contribution in [2.45, 2.75) is 0 Å². The van der Waals surface area contributed by atoms with Crippen molar-refractivity contribution >= 4 is 43.6 Å². The van der Waals surface area contributed by atoms with Gasteiger partial charge in [-0.25, -0.2) is 0 Å². The van der Waals surface area contributed by atoms with E-state index in [1.54, 1.807) is 0 Å². The molecule has 0 fully saturated rings. The highest BCUT2D eigenvalue weighted by Crippen LogP contribution is 2.35. The molecule has 2 aromatic rings. The number of rotatable bonds is 1. The molecule has 1 aromatic carbocycles. The fourth-order valence-electron chi connectivity index (χ4n) is 1.21. The number of phenols is 1. The summed E-state index contributed by atoms with van der Waals surface area (Å²) in [6.45, 7) is 0. The maximum atomic E-state index is 10.7. The summed E-state index contributed by atoms with van der Waals surface area (Å²) in [5.41, 5.74) is 0.352. The van der Waals surface area contributed by atoms with Gasteiger partial charge < -0.3 is 5.11 Å². The first-order valence-electron chi connectivity index (χ1n) is 3.58. The molecule has 0 atom stereocenters. The number of thiophene rings is 1. The Morgan fingerprint density at radius 3 is 3.00 bits per heavy atom. The molecule has 0 spiro atoms. The molecule has 1 N–H and O–H groups in total. The normalized spacial score (nSPS) is 10.5. The lowest BCUT2D eigenvalue weighted by atomic mass is 10.1. The van der Waals surface area contributed by atoms with Gasteiger partial charge in [0.1, 0.15) is 5.75 Å². The van der Waals surface area contributed by atoms with Crippen LogP contribution in [0.15, 0.2) is 22.0 Å². The number of aromatic hydroxyl groups is 1. The van der Waals surface area contributed by atoms with Gasteiger partial charge in [-0.2, -0.15) is 0 Å². The molecular formula is C9H5BrO2S. The third-order valence-corrected chi connectivity index (χ3v) is 3.31. The van der Waals surface area contributed by atoms with Gasteiger partial charge in [0, 0.05) is 10.1 Å². The van der Waals surface area contributed by atoms with E-state index in [0.29, 0.717) is 16.3 Å². The van der Waals surface area contributed by atoms with Crippen LogP contribution in [-0.4, -0.2) is 11.4 Å². The van der Waals surface area contributed by atoms with E-state index < -0.39 is 0 Å². The van der Waals surface area contributed by atoms with Crippen molar-refractivity contribution in [1.82, 2.24) is 0 Å². The Balaban J connectivity index is 2.95. The summed E-state index contributed by atoms with van der Waals surface area (Å²) >= 11 is 4.73. The smallest absolute Gasteiger partial charge is 0.154 e. The Kier molecular flexibility index (Phi) is 2.09. The average molecular weight is 257 g/mol. The SMILES string of the molecule is O=Cc1c(O)c(Br)cc2sccc12. The summed E-state index contributed by atoms with van der Waals surface area (Å²) in [6, 6.07) is 3.64. The zero-order valence-corrected chi connectivity index (χ0v) is 8.85. The highest BCUT2D eigenvalue weighted by molar-refractivity contribution is 9.10. The van der Waals surface area contributed by atoms with Gasteiger partial charge in [-0.15, -0.1) is 11.3 Å². The molecule has 2 nitrogen and oxygen atoms in total. The summed E-state index contributed by atoms with van der Waals surface area (Å²) in [5.74, 6) is 0.0147. The third kappa shape index (κ3) is 1.26. The molecule has 0 aliphatic heterocycles. The second-order valence-corrected chi connectivity index (χ2v) is 4.37. The third-order valence-electron chi connectivity index (χ3n) is 1.84. The molecule has 0 saturated heterocycles. The van der Waals surface area contributed by atoms with Gasteiger partial charge >= 0.3 is 0 Å². The molecule has 0 bridgehead atoms. The van der Waals surface area contributed by atoms with Gasteiger partial charge in [0.05, 0.1) is 10.0 Å². The maximum absolute atomic E-state index is 10.7. The quantitative estimate of drug-likeness (QED) is 0.796. The molecule has 1 aromatic heterocycles. The average Bonchev–Trinajstić information content (AvgIpc) is 2.54. The Labute approximate surface area is 86.9 Å². The van der Waals surface area contributed by atoms with Crippen LogP contribution in [0.25, 0.3) is 10.1 Å². The second kappa shape index (κ2) is 3.12. The van der Waals surface area contributed by atoms with Crippen molar-refractivity contribution in [3.63, 3.8) is 0 Å². The molecule has 0 amide bonds. The number of phenolic OH excluding ortho intramolecular Hbond substituents is 1. The number of hydrogen-bond donors (Lipinski definition) is 1. The molecule has 0 unspecified atom stereocenters. The minimum absolute atomic E-state index is 0.0147. The van der Waals surface area contributed by atoms with Crippen molar-refractivity contribution < 1.29 is 9.90 Å². The largest absolute Gasteiger partial charge is 0.506 e. The molecule has 0 aliphatic rings. The van der Waals surface area contributed by atoms with E-state index in [2.05, 4.69) is 15.9 Å². The van der Waals surface area contributed by atoms with E-state index in [1.807, 2.05) is 17.5 Å². The highest BCUT2D eigenvalue weighted by Gasteiger charge is 2.10. The van der Waals surface area contributed by atoms with Gasteiger partial charge in [0.15, 0.2) is 6.29 Å². The van der Waals surface area contributed by atoms with Gasteiger partial charge in [-0.3, -0.25) is 4.79 Å². The van der Waals surface area contributed by atoms with E-state index in [1.165, 1.54) is 11.3 Å². The summed E-state index contributed by atoms with van der Waals surface area (Å²) in [5, 5.41) is 12.2. The zero-order chi connectivity index (χ0) is 9.42. The fraction of sp³-hybridized carbons (Fsp3) is 0. The summed E-state index contributed by atoms with van der Waals surface area (Å²) in [7, 11) is 0. The second-order valence-electron chi connectivity index (χ2n) is 2.57. The summed E-state index contributed by atoms with van der Waals surface area (Å²) < 4.78 is 1.55. The molecular weight excluding hydrogens is 252 g/mol. The topological polar surface area (TPSA) is 37.3 Å². The molecule has 0 radical (unpaired) electrons. The van der Waals surface area contributed by atoms with E-state index in [0.717, 1.165) is 10.1 Å². The number of hydrogen-bond acceptors (Lipinski definition) is 3. The lowest BCUT2D eigenvalue weighted by molar-refractivity contribution is 0.112. The maximum Gasteiger partial charge on any atom is 0.154 e. The Morgan fingerprint density at radius 1 is 1.54 bits per heavy atom. The molecule has 66 valence electrons. The van der Waals surface area contributed by atoms with Crippen LogP contribution in [0.2, 0.25) is 0 Å². The number of halogens is 1. The first-order chi connectivity index (χ1) is 6.24. The highest BCUT2D eigenvalue weighted by atomic mass is 79.9. The van der Waals surface area contributed by atoms with E-state index in [4.69, 9.17) is 0 Å². The van der Waals surface area contributed by atoms with E-state index in [9.17, 15) is 9.90 Å². The lowest BCUT2D eigenvalue weighted by Crippen LogP contribution is -1.83. The fourth-order valence-corrected chi connectivity index (χ4v) is 2.65. The number of carbonyl (C=O) groups excluding carboxylic acids is 1. The predicted molar refractivity (Wildman–Crippen MR) is 56.6 cm³/mol. The van der Waals surface area contributed by atoms with Gasteiger partial charge in [-0.1, -0.05) is 0 Å². The van der Waals surface area contributed by atoms with Crippen molar-refractivity contribution in [3.8, 4) is 5.75 Å². The molecule has 13 heavy (non-hydrogen) atoms. The van der Waals surface area contributed by atoms with Crippen LogP contribution in [-0.2, 0) is 0 Å². The zero-order valence-electron chi connectivity index (χ0n) is 6.45. The summed E-state index contributed by atoms with van der Waals surface area (Å²) in [6.07, 6.45) is 0.676. The van der Waals surface area contributed by atoms with Crippen LogP contribution in [0.1, 0.15) is 10.4 Å². The van der Waals surface area contributed by atoms with E-state index >= 15 is 0 Å². The van der Waals surface area contributed by atoms with Crippen molar-refractivity contribution in [2.75, 3.05) is 0 Å². The van der Waals surface area contributed by atoms with Crippen LogP contribution in [0.5, 0.6) is 5.75 Å². The number of benzene rings is 1. The van der Waals surface area contributed by atoms with Gasteiger partial charge in [0.2, 0.25) is 0 Å². The standard InChI is InChI=1S/C9H5BrO2S/c10-7-3-8-5(1-2-13-8)6(4-11)9(7)12/h1-4,12H. The Bertz CT molecular complexity index is 476. The molecule has 2 rings (SSSR count). The van der Waals surface area contributed by atoms with Crippen LogP contribution < -0.4 is 0 Å². The Hall–Kier alpha value is -0.870. The lowest BCUT2D eigenvalue weighted by Gasteiger charge is -2.01. The molecule has 4 heteroatoms. The van der Waals surface area contributed by atoms with Crippen molar-refractivity contribution in [3.05, 3.63) is 27.5 Å². The van der Waals surface area contributed by atoms with Gasteiger partial charge in [-0.05, 0) is 33.4 Å². The molecule has 1 heterocycles. The van der Waals surface area contributed by atoms with Gasteiger partial charge in [0.25, 0.3) is 0 Å². The number of aldehydes is 1. The van der Waals surface area contributed by atoms with Crippen LogP contribution >= 0.6 is 27.3 Å². The minimum atomic E-state index is 0.0147. The first kappa shape index (κ1) is 8.72. The van der Waals surface area contributed by atoms with Crippen molar-refractivity contribution in [2.24, 2.45) is 0 Å². The summed E-state index contributed by atoms with van der Waals surface area (Å²) in [4.78, 5) is 10.7. The predicted octanol–water partition coefficient (Wildman–Crippen LogP) is 3.18. The number of carbonyl (C=O) groups is 1. The minimum Gasteiger partial charge on any atom is -0.506 e. The van der Waals surface area contributed by atoms with Crippen LogP contribution in [0, 0.1) is 0 Å². The van der Waals surface area contributed by atoms with Crippen LogP contribution in [0.4, 0.5) is 0 Å². The van der Waals surface area contributed by atoms with Crippen LogP contribution in [0.3, 0.4) is 0 Å². The Morgan fingerprint density at radius 2 is 2.31 bits per heavy atom. The first-order valence-corrected chi connectivity index (χ1v) is 5.25. The molecule has 0 saturated carbocycles. The van der Waals surface area contributed by atoms with E-state index in [-0.39, 0.29) is 5.75 Å². The number of fused-ring (bicyclic) bond motifs is 1. The molecule has 0 aliphatic carbocycles.